The second-order valence-corrected chi connectivity index (χ2v) is 4.17. The van der Waals surface area contributed by atoms with Gasteiger partial charge in [-0.2, -0.15) is 0 Å². The number of hydrogen-bond acceptors (Lipinski definition) is 5. The molecule has 1 heterocycles. The van der Waals surface area contributed by atoms with Gasteiger partial charge in [-0.25, -0.2) is 0 Å². The first-order valence-corrected chi connectivity index (χ1v) is 5.97. The molecule has 0 amide bonds. The maximum atomic E-state index is 5.63. The normalized spacial score (nSPS) is 12.2. The van der Waals surface area contributed by atoms with Crippen LogP contribution in [0, 0.1) is 0 Å². The van der Waals surface area contributed by atoms with Gasteiger partial charge in [0.15, 0.2) is 11.5 Å². The van der Waals surface area contributed by atoms with Gasteiger partial charge >= 0.3 is 0 Å². The topological polar surface area (TPSA) is 69.7 Å². The molecule has 102 valence electrons. The van der Waals surface area contributed by atoms with Crippen molar-refractivity contribution in [3.05, 3.63) is 47.9 Å². The maximum Gasteiger partial charge on any atom is 0.161 e. The first kappa shape index (κ1) is 13.5. The van der Waals surface area contributed by atoms with Gasteiger partial charge in [0.1, 0.15) is 0 Å². The average Bonchev–Trinajstić information content (AvgIpc) is 2.97. The molecule has 0 saturated heterocycles. The van der Waals surface area contributed by atoms with Crippen molar-refractivity contribution < 1.29 is 13.9 Å². The summed E-state index contributed by atoms with van der Waals surface area (Å²) in [6.45, 7) is 0. The Kier molecular flexibility index (Phi) is 4.43. The number of benzene rings is 1. The Balaban J connectivity index is 2.23. The van der Waals surface area contributed by atoms with Crippen LogP contribution >= 0.6 is 0 Å². The van der Waals surface area contributed by atoms with Gasteiger partial charge in [0.05, 0.1) is 32.8 Å². The smallest absolute Gasteiger partial charge is 0.161 e. The highest BCUT2D eigenvalue weighted by Gasteiger charge is 2.14. The van der Waals surface area contributed by atoms with E-state index in [0.29, 0.717) is 11.5 Å². The number of nitrogens with two attached hydrogens (primary N) is 1. The summed E-state index contributed by atoms with van der Waals surface area (Å²) in [5.74, 6) is 7.02. The van der Waals surface area contributed by atoms with E-state index in [1.54, 1.807) is 26.7 Å². The van der Waals surface area contributed by atoms with Gasteiger partial charge < -0.3 is 13.9 Å². The monoisotopic (exact) mass is 262 g/mol. The lowest BCUT2D eigenvalue weighted by molar-refractivity contribution is 0.353. The zero-order valence-corrected chi connectivity index (χ0v) is 11.1. The molecule has 0 fully saturated rings. The zero-order chi connectivity index (χ0) is 13.7. The minimum absolute atomic E-state index is 0.0163. The summed E-state index contributed by atoms with van der Waals surface area (Å²) in [6.07, 6.45) is 4.10. The molecule has 0 radical (unpaired) electrons. The molecule has 2 aromatic rings. The molecule has 5 heteroatoms. The molecule has 1 aromatic heterocycles. The molecule has 0 saturated carbocycles. The van der Waals surface area contributed by atoms with E-state index >= 15 is 0 Å². The molecule has 3 N–H and O–H groups in total. The van der Waals surface area contributed by atoms with Crippen molar-refractivity contribution in [2.75, 3.05) is 14.2 Å². The maximum absolute atomic E-state index is 5.63. The van der Waals surface area contributed by atoms with Crippen molar-refractivity contribution in [2.24, 2.45) is 5.84 Å². The summed E-state index contributed by atoms with van der Waals surface area (Å²) in [7, 11) is 3.23. The molecule has 1 aromatic carbocycles. The summed E-state index contributed by atoms with van der Waals surface area (Å²) in [5, 5.41) is 0. The van der Waals surface area contributed by atoms with Crippen LogP contribution in [-0.4, -0.2) is 14.2 Å². The summed E-state index contributed by atoms with van der Waals surface area (Å²) in [6, 6.07) is 7.66. The second kappa shape index (κ2) is 6.26. The van der Waals surface area contributed by atoms with Crippen molar-refractivity contribution in [3.63, 3.8) is 0 Å². The highest BCUT2D eigenvalue weighted by atomic mass is 16.5. The van der Waals surface area contributed by atoms with E-state index in [0.717, 1.165) is 17.5 Å². The standard InChI is InChI=1S/C14H18N2O3/c1-17-13-4-3-11(8-14(13)18-2)12(16-15)7-10-5-6-19-9-10/h3-6,8-9,12,16H,7,15H2,1-2H3. The van der Waals surface area contributed by atoms with E-state index in [1.807, 2.05) is 24.3 Å². The third-order valence-electron chi connectivity index (χ3n) is 3.03. The van der Waals surface area contributed by atoms with E-state index in [4.69, 9.17) is 19.7 Å². The molecule has 2 rings (SSSR count). The number of ether oxygens (including phenoxy) is 2. The van der Waals surface area contributed by atoms with Crippen LogP contribution in [0.1, 0.15) is 17.2 Å². The summed E-state index contributed by atoms with van der Waals surface area (Å²) < 4.78 is 15.6. The Morgan fingerprint density at radius 3 is 2.58 bits per heavy atom. The van der Waals surface area contributed by atoms with Gasteiger partial charge in [-0.1, -0.05) is 6.07 Å². The van der Waals surface area contributed by atoms with Gasteiger partial charge in [0.25, 0.3) is 0 Å². The van der Waals surface area contributed by atoms with E-state index in [1.165, 1.54) is 0 Å². The van der Waals surface area contributed by atoms with Gasteiger partial charge in [0, 0.05) is 0 Å². The van der Waals surface area contributed by atoms with Crippen molar-refractivity contribution >= 4 is 0 Å². The molecule has 0 spiro atoms. The first-order chi connectivity index (χ1) is 9.28. The minimum atomic E-state index is -0.0163. The molecule has 1 unspecified atom stereocenters. The molecule has 5 nitrogen and oxygen atoms in total. The predicted molar refractivity (Wildman–Crippen MR) is 72.0 cm³/mol. The minimum Gasteiger partial charge on any atom is -0.493 e. The van der Waals surface area contributed by atoms with Crippen LogP contribution < -0.4 is 20.7 Å². The quantitative estimate of drug-likeness (QED) is 0.616. The van der Waals surface area contributed by atoms with Crippen molar-refractivity contribution in [2.45, 2.75) is 12.5 Å². The summed E-state index contributed by atoms with van der Waals surface area (Å²) in [5.41, 5.74) is 4.92. The van der Waals surface area contributed by atoms with E-state index < -0.39 is 0 Å². The SMILES string of the molecule is COc1ccc(C(Cc2ccoc2)NN)cc1OC. The van der Waals surface area contributed by atoms with Crippen molar-refractivity contribution in [1.29, 1.82) is 0 Å². The van der Waals surface area contributed by atoms with Gasteiger partial charge in [-0.05, 0) is 35.7 Å². The average molecular weight is 262 g/mol. The van der Waals surface area contributed by atoms with E-state index in [-0.39, 0.29) is 6.04 Å². The second-order valence-electron chi connectivity index (χ2n) is 4.17. The Bertz CT molecular complexity index is 511. The molecule has 0 aliphatic heterocycles. The van der Waals surface area contributed by atoms with Gasteiger partial charge in [-0.3, -0.25) is 11.3 Å². The number of methoxy groups -OCH3 is 2. The largest absolute Gasteiger partial charge is 0.493 e. The fourth-order valence-electron chi connectivity index (χ4n) is 1.99. The number of hydrazine groups is 1. The molecular weight excluding hydrogens is 244 g/mol. The lowest BCUT2D eigenvalue weighted by Gasteiger charge is -2.17. The van der Waals surface area contributed by atoms with E-state index in [9.17, 15) is 0 Å². The molecule has 0 aliphatic carbocycles. The van der Waals surface area contributed by atoms with Crippen molar-refractivity contribution in [3.8, 4) is 11.5 Å². The van der Waals surface area contributed by atoms with Crippen LogP contribution in [0.15, 0.2) is 41.2 Å². The molecule has 19 heavy (non-hydrogen) atoms. The highest BCUT2D eigenvalue weighted by molar-refractivity contribution is 5.44. The number of rotatable bonds is 6. The Labute approximate surface area is 112 Å². The number of furan rings is 1. The highest BCUT2D eigenvalue weighted by Crippen LogP contribution is 2.30. The number of hydrogen-bond donors (Lipinski definition) is 2. The van der Waals surface area contributed by atoms with Gasteiger partial charge in [-0.15, -0.1) is 0 Å². The Hall–Kier alpha value is -1.98. The lowest BCUT2D eigenvalue weighted by Crippen LogP contribution is -2.29. The third kappa shape index (κ3) is 3.07. The van der Waals surface area contributed by atoms with Crippen LogP contribution in [0.4, 0.5) is 0 Å². The fourth-order valence-corrected chi connectivity index (χ4v) is 1.99. The van der Waals surface area contributed by atoms with Crippen LogP contribution in [0.3, 0.4) is 0 Å². The fraction of sp³-hybridized carbons (Fsp3) is 0.286. The van der Waals surface area contributed by atoms with Crippen LogP contribution in [0.5, 0.6) is 11.5 Å². The number of nitrogens with one attached hydrogen (secondary N) is 1. The zero-order valence-electron chi connectivity index (χ0n) is 11.1. The van der Waals surface area contributed by atoms with Crippen LogP contribution in [0.2, 0.25) is 0 Å². The predicted octanol–water partition coefficient (Wildman–Crippen LogP) is 2.04. The summed E-state index contributed by atoms with van der Waals surface area (Å²) >= 11 is 0. The molecule has 1 atom stereocenters. The van der Waals surface area contributed by atoms with Crippen molar-refractivity contribution in [1.82, 2.24) is 5.43 Å². The van der Waals surface area contributed by atoms with Crippen LogP contribution in [0.25, 0.3) is 0 Å². The summed E-state index contributed by atoms with van der Waals surface area (Å²) in [4.78, 5) is 0. The molecule has 0 aliphatic rings. The Morgan fingerprint density at radius 1 is 1.21 bits per heavy atom. The molecule has 0 bridgehead atoms. The lowest BCUT2D eigenvalue weighted by atomic mass is 10.0. The van der Waals surface area contributed by atoms with Gasteiger partial charge in [0.2, 0.25) is 0 Å². The third-order valence-corrected chi connectivity index (χ3v) is 3.03. The first-order valence-electron chi connectivity index (χ1n) is 5.97. The Morgan fingerprint density at radius 2 is 2.00 bits per heavy atom. The van der Waals surface area contributed by atoms with E-state index in [2.05, 4.69) is 5.43 Å². The molecular formula is C14H18N2O3. The van der Waals surface area contributed by atoms with Crippen LogP contribution in [-0.2, 0) is 6.42 Å².